The van der Waals surface area contributed by atoms with Crippen molar-refractivity contribution in [2.24, 2.45) is 0 Å². The van der Waals surface area contributed by atoms with Crippen molar-refractivity contribution in [3.8, 4) is 5.75 Å². The molecule has 1 fully saturated rings. The van der Waals surface area contributed by atoms with E-state index in [2.05, 4.69) is 57.7 Å². The lowest BCUT2D eigenvalue weighted by molar-refractivity contribution is 0.132. The van der Waals surface area contributed by atoms with Crippen molar-refractivity contribution in [3.63, 3.8) is 0 Å². The van der Waals surface area contributed by atoms with E-state index in [9.17, 15) is 0 Å². The van der Waals surface area contributed by atoms with E-state index in [1.165, 1.54) is 36.8 Å². The lowest BCUT2D eigenvalue weighted by Crippen LogP contribution is -2.29. The lowest BCUT2D eigenvalue weighted by Gasteiger charge is -2.27. The van der Waals surface area contributed by atoms with Gasteiger partial charge >= 0.3 is 0 Å². The first-order valence-corrected chi connectivity index (χ1v) is 8.58. The van der Waals surface area contributed by atoms with Crippen molar-refractivity contribution >= 4 is 0 Å². The second kappa shape index (κ2) is 7.67. The van der Waals surface area contributed by atoms with E-state index in [1.54, 1.807) is 0 Å². The van der Waals surface area contributed by atoms with Crippen LogP contribution in [0.4, 0.5) is 0 Å². The average molecular weight is 298 g/mol. The zero-order valence-corrected chi connectivity index (χ0v) is 14.4. The first-order valence-electron chi connectivity index (χ1n) is 8.58. The van der Waals surface area contributed by atoms with Crippen LogP contribution in [0.1, 0.15) is 70.8 Å². The predicted octanol–water partition coefficient (Wildman–Crippen LogP) is 6.41. The Kier molecular flexibility index (Phi) is 5.88. The molecule has 1 heteroatoms. The first-order chi connectivity index (χ1) is 10.5. The molecular weight excluding hydrogens is 268 g/mol. The van der Waals surface area contributed by atoms with Gasteiger partial charge in [-0.15, -0.1) is 0 Å². The number of ether oxygens (including phenoxy) is 1. The lowest BCUT2D eigenvalue weighted by atomic mass is 9.97. The van der Waals surface area contributed by atoms with Gasteiger partial charge in [0.1, 0.15) is 11.4 Å². The fourth-order valence-electron chi connectivity index (χ4n) is 3.18. The zero-order chi connectivity index (χ0) is 16.0. The molecule has 1 saturated carbocycles. The molecule has 0 bridgehead atoms. The monoisotopic (exact) mass is 298 g/mol. The molecule has 0 aromatic heterocycles. The van der Waals surface area contributed by atoms with Gasteiger partial charge in [-0.2, -0.15) is 0 Å². The van der Waals surface area contributed by atoms with Crippen LogP contribution in [0.2, 0.25) is 0 Å². The molecule has 1 aliphatic carbocycles. The van der Waals surface area contributed by atoms with Crippen LogP contribution >= 0.6 is 0 Å². The van der Waals surface area contributed by atoms with Gasteiger partial charge in [-0.3, -0.25) is 0 Å². The fourth-order valence-corrected chi connectivity index (χ4v) is 3.18. The number of benzene rings is 1. The Morgan fingerprint density at radius 2 is 1.86 bits per heavy atom. The minimum absolute atomic E-state index is 0.305. The summed E-state index contributed by atoms with van der Waals surface area (Å²) in [4.78, 5) is 0. The van der Waals surface area contributed by atoms with Gasteiger partial charge in [0.2, 0.25) is 0 Å². The molecule has 2 rings (SSSR count). The number of hydrogen-bond acceptors (Lipinski definition) is 1. The van der Waals surface area contributed by atoms with E-state index in [4.69, 9.17) is 4.74 Å². The summed E-state index contributed by atoms with van der Waals surface area (Å²) in [5.41, 5.74) is 2.52. The first kappa shape index (κ1) is 16.9. The summed E-state index contributed by atoms with van der Waals surface area (Å²) in [5.74, 6) is 1.71. The topological polar surface area (TPSA) is 9.23 Å². The van der Waals surface area contributed by atoms with Crippen LogP contribution in [-0.4, -0.2) is 5.60 Å². The second-order valence-corrected chi connectivity index (χ2v) is 6.99. The van der Waals surface area contributed by atoms with E-state index < -0.39 is 0 Å². The smallest absolute Gasteiger partial charge is 0.124 e. The van der Waals surface area contributed by atoms with Crippen LogP contribution < -0.4 is 4.74 Å². The maximum atomic E-state index is 6.20. The molecule has 0 amide bonds. The SMILES string of the molecule is C=CC(C)(CCC=C(C)C)Oc1ccc(C2CCCC2)cc1. The summed E-state index contributed by atoms with van der Waals surface area (Å²) < 4.78 is 6.20. The molecular formula is C21H30O. The Morgan fingerprint density at radius 3 is 2.41 bits per heavy atom. The summed E-state index contributed by atoms with van der Waals surface area (Å²) in [6, 6.07) is 8.72. The van der Waals surface area contributed by atoms with E-state index >= 15 is 0 Å². The van der Waals surface area contributed by atoms with Crippen molar-refractivity contribution < 1.29 is 4.74 Å². The van der Waals surface area contributed by atoms with Crippen LogP contribution in [0.3, 0.4) is 0 Å². The Bertz CT molecular complexity index is 501. The Hall–Kier alpha value is -1.50. The van der Waals surface area contributed by atoms with Crippen molar-refractivity contribution in [2.45, 2.75) is 70.8 Å². The molecule has 0 radical (unpaired) electrons. The summed E-state index contributed by atoms with van der Waals surface area (Å²) in [6.45, 7) is 10.3. The highest BCUT2D eigenvalue weighted by Gasteiger charge is 2.22. The van der Waals surface area contributed by atoms with Crippen molar-refractivity contribution in [1.29, 1.82) is 0 Å². The Balaban J connectivity index is 1.97. The van der Waals surface area contributed by atoms with Gasteiger partial charge in [-0.25, -0.2) is 0 Å². The second-order valence-electron chi connectivity index (χ2n) is 6.99. The van der Waals surface area contributed by atoms with Crippen LogP contribution in [0, 0.1) is 0 Å². The quantitative estimate of drug-likeness (QED) is 0.528. The zero-order valence-electron chi connectivity index (χ0n) is 14.4. The van der Waals surface area contributed by atoms with Crippen molar-refractivity contribution in [2.75, 3.05) is 0 Å². The molecule has 0 spiro atoms. The summed E-state index contributed by atoms with van der Waals surface area (Å²) in [5, 5.41) is 0. The third kappa shape index (κ3) is 4.76. The standard InChI is InChI=1S/C21H30O/c1-5-21(4,16-8-9-17(2)3)22-20-14-12-19(13-15-20)18-10-6-7-11-18/h5,9,12-15,18H,1,6-8,10-11,16H2,2-4H3. The average Bonchev–Trinajstić information content (AvgIpc) is 3.02. The van der Waals surface area contributed by atoms with Gasteiger partial charge < -0.3 is 4.74 Å². The summed E-state index contributed by atoms with van der Waals surface area (Å²) in [6.07, 6.45) is 11.6. The third-order valence-corrected chi connectivity index (χ3v) is 4.68. The minimum Gasteiger partial charge on any atom is -0.484 e. The molecule has 1 nitrogen and oxygen atoms in total. The Morgan fingerprint density at radius 1 is 1.23 bits per heavy atom. The highest BCUT2D eigenvalue weighted by Crippen LogP contribution is 2.35. The molecule has 1 atom stereocenters. The van der Waals surface area contributed by atoms with E-state index in [1.807, 2.05) is 6.08 Å². The summed E-state index contributed by atoms with van der Waals surface area (Å²) >= 11 is 0. The molecule has 0 N–H and O–H groups in total. The van der Waals surface area contributed by atoms with E-state index in [0.29, 0.717) is 0 Å². The van der Waals surface area contributed by atoms with Gasteiger partial charge in [0.25, 0.3) is 0 Å². The van der Waals surface area contributed by atoms with Crippen LogP contribution in [0.15, 0.2) is 48.6 Å². The number of rotatable bonds is 7. The number of hydrogen-bond donors (Lipinski definition) is 0. The largest absolute Gasteiger partial charge is 0.484 e. The normalized spacial score (nSPS) is 17.8. The van der Waals surface area contributed by atoms with E-state index in [0.717, 1.165) is 24.5 Å². The molecule has 0 aliphatic heterocycles. The van der Waals surface area contributed by atoms with Crippen LogP contribution in [0.25, 0.3) is 0 Å². The maximum absolute atomic E-state index is 6.20. The van der Waals surface area contributed by atoms with Gasteiger partial charge in [0.15, 0.2) is 0 Å². The van der Waals surface area contributed by atoms with Crippen LogP contribution in [0.5, 0.6) is 5.75 Å². The van der Waals surface area contributed by atoms with Gasteiger partial charge in [-0.05, 0) is 76.1 Å². The van der Waals surface area contributed by atoms with Gasteiger partial charge in [0, 0.05) is 0 Å². The molecule has 1 aliphatic rings. The molecule has 120 valence electrons. The molecule has 0 saturated heterocycles. The highest BCUT2D eigenvalue weighted by atomic mass is 16.5. The molecule has 1 aromatic rings. The molecule has 1 aromatic carbocycles. The Labute approximate surface area is 136 Å². The fraction of sp³-hybridized carbons (Fsp3) is 0.524. The molecule has 1 unspecified atom stereocenters. The molecule has 22 heavy (non-hydrogen) atoms. The number of allylic oxidation sites excluding steroid dienone is 2. The predicted molar refractivity (Wildman–Crippen MR) is 95.5 cm³/mol. The van der Waals surface area contributed by atoms with Crippen molar-refractivity contribution in [3.05, 3.63) is 54.1 Å². The van der Waals surface area contributed by atoms with Gasteiger partial charge in [-0.1, -0.05) is 43.2 Å². The van der Waals surface area contributed by atoms with Crippen molar-refractivity contribution in [1.82, 2.24) is 0 Å². The summed E-state index contributed by atoms with van der Waals surface area (Å²) in [7, 11) is 0. The van der Waals surface area contributed by atoms with E-state index in [-0.39, 0.29) is 5.60 Å². The third-order valence-electron chi connectivity index (χ3n) is 4.68. The maximum Gasteiger partial charge on any atom is 0.124 e. The minimum atomic E-state index is -0.305. The van der Waals surface area contributed by atoms with Crippen LogP contribution in [-0.2, 0) is 0 Å². The highest BCUT2D eigenvalue weighted by molar-refractivity contribution is 5.30. The molecule has 0 heterocycles. The van der Waals surface area contributed by atoms with Gasteiger partial charge in [0.05, 0.1) is 0 Å².